The lowest BCUT2D eigenvalue weighted by Gasteiger charge is -2.39. The molecule has 31 heavy (non-hydrogen) atoms. The molecule has 0 radical (unpaired) electrons. The molecule has 4 heteroatoms. The molecule has 3 aromatic carbocycles. The van der Waals surface area contributed by atoms with Crippen LogP contribution in [0.4, 0.5) is 0 Å². The first kappa shape index (κ1) is 21.3. The van der Waals surface area contributed by atoms with Gasteiger partial charge in [-0.15, -0.1) is 0 Å². The number of carbonyl (C=O) groups is 1. The number of nitrogens with zero attached hydrogens (tertiary/aromatic N) is 1. The molecule has 160 valence electrons. The Morgan fingerprint density at radius 2 is 1.42 bits per heavy atom. The van der Waals surface area contributed by atoms with Crippen LogP contribution in [0.3, 0.4) is 0 Å². The highest BCUT2D eigenvalue weighted by Crippen LogP contribution is 2.33. The van der Waals surface area contributed by atoms with Crippen molar-refractivity contribution >= 4 is 5.91 Å². The number of nitrogens with one attached hydrogen (secondary N) is 1. The van der Waals surface area contributed by atoms with Crippen LogP contribution in [0.5, 0.6) is 0 Å². The highest BCUT2D eigenvalue weighted by molar-refractivity contribution is 5.94. The molecular weight excluding hydrogens is 384 g/mol. The van der Waals surface area contributed by atoms with E-state index in [2.05, 4.69) is 22.3 Å². The largest absolute Gasteiger partial charge is 0.385 e. The zero-order valence-electron chi connectivity index (χ0n) is 17.8. The highest BCUT2D eigenvalue weighted by atomic mass is 16.3. The number of carbonyl (C=O) groups excluding carboxylic acids is 1. The van der Waals surface area contributed by atoms with E-state index in [9.17, 15) is 9.90 Å². The van der Waals surface area contributed by atoms with Crippen LogP contribution < -0.4 is 5.32 Å². The molecule has 1 fully saturated rings. The third-order valence-electron chi connectivity index (χ3n) is 6.27. The van der Waals surface area contributed by atoms with Crippen LogP contribution in [0, 0.1) is 0 Å². The Morgan fingerprint density at radius 3 is 2.03 bits per heavy atom. The summed E-state index contributed by atoms with van der Waals surface area (Å²) in [5.41, 5.74) is 2.06. The molecule has 1 heterocycles. The molecule has 1 saturated heterocycles. The normalized spacial score (nSPS) is 17.1. The minimum atomic E-state index is -0.738. The smallest absolute Gasteiger partial charge is 0.251 e. The molecule has 1 aliphatic heterocycles. The van der Waals surface area contributed by atoms with Crippen molar-refractivity contribution in [1.82, 2.24) is 10.2 Å². The van der Waals surface area contributed by atoms with Gasteiger partial charge in [-0.05, 0) is 42.5 Å². The van der Waals surface area contributed by atoms with E-state index in [4.69, 9.17) is 0 Å². The van der Waals surface area contributed by atoms with Crippen molar-refractivity contribution in [2.45, 2.75) is 30.9 Å². The van der Waals surface area contributed by atoms with E-state index in [0.717, 1.165) is 50.0 Å². The van der Waals surface area contributed by atoms with Crippen LogP contribution >= 0.6 is 0 Å². The minimum Gasteiger partial charge on any atom is -0.385 e. The Labute approximate surface area is 184 Å². The standard InChI is InChI=1S/C27H30N2O2/c30-26(23-12-6-2-7-13-23)28-25(22-10-4-1-5-11-22)16-19-29-20-17-27(31,18-21-29)24-14-8-3-9-15-24/h1-15,25,31H,16-21H2,(H,28,30)/t25-/m0/s1. The SMILES string of the molecule is O=C(N[C@@H](CCN1CCC(O)(c2ccccc2)CC1)c1ccccc1)c1ccccc1. The first-order valence-corrected chi connectivity index (χ1v) is 11.1. The number of hydrogen-bond acceptors (Lipinski definition) is 3. The van der Waals surface area contributed by atoms with Gasteiger partial charge in [-0.2, -0.15) is 0 Å². The molecular formula is C27H30N2O2. The molecule has 1 atom stereocenters. The Bertz CT molecular complexity index is 952. The van der Waals surface area contributed by atoms with E-state index in [1.807, 2.05) is 78.9 Å². The van der Waals surface area contributed by atoms with Gasteiger partial charge >= 0.3 is 0 Å². The molecule has 0 bridgehead atoms. The number of likely N-dealkylation sites (tertiary alicyclic amines) is 1. The Hall–Kier alpha value is -2.95. The van der Waals surface area contributed by atoms with Gasteiger partial charge in [0, 0.05) is 25.2 Å². The molecule has 0 saturated carbocycles. The third kappa shape index (κ3) is 5.40. The van der Waals surface area contributed by atoms with E-state index in [1.54, 1.807) is 0 Å². The molecule has 2 N–H and O–H groups in total. The van der Waals surface area contributed by atoms with E-state index >= 15 is 0 Å². The van der Waals surface area contributed by atoms with Crippen molar-refractivity contribution < 1.29 is 9.90 Å². The summed E-state index contributed by atoms with van der Waals surface area (Å²) < 4.78 is 0. The van der Waals surface area contributed by atoms with Crippen molar-refractivity contribution in [3.8, 4) is 0 Å². The molecule has 3 aromatic rings. The maximum absolute atomic E-state index is 12.8. The fraction of sp³-hybridized carbons (Fsp3) is 0.296. The molecule has 0 aromatic heterocycles. The molecule has 0 spiro atoms. The summed E-state index contributed by atoms with van der Waals surface area (Å²) in [6, 6.07) is 29.4. The molecule has 0 unspecified atom stereocenters. The molecule has 1 amide bonds. The average molecular weight is 415 g/mol. The molecule has 4 nitrogen and oxygen atoms in total. The van der Waals surface area contributed by atoms with Gasteiger partial charge in [0.2, 0.25) is 0 Å². The van der Waals surface area contributed by atoms with Crippen molar-refractivity contribution in [2.75, 3.05) is 19.6 Å². The van der Waals surface area contributed by atoms with Crippen LogP contribution in [0.25, 0.3) is 0 Å². The van der Waals surface area contributed by atoms with E-state index < -0.39 is 5.60 Å². The fourth-order valence-corrected chi connectivity index (χ4v) is 4.33. The quantitative estimate of drug-likeness (QED) is 0.597. The zero-order chi connectivity index (χ0) is 21.5. The van der Waals surface area contributed by atoms with Gasteiger partial charge in [-0.1, -0.05) is 78.9 Å². The predicted octanol–water partition coefficient (Wildman–Crippen LogP) is 4.53. The second-order valence-corrected chi connectivity index (χ2v) is 8.33. The molecule has 0 aliphatic carbocycles. The first-order chi connectivity index (χ1) is 15.1. The maximum atomic E-state index is 12.8. The summed E-state index contributed by atoms with van der Waals surface area (Å²) in [5.74, 6) is -0.0495. The minimum absolute atomic E-state index is 0.0495. The Balaban J connectivity index is 1.37. The van der Waals surface area contributed by atoms with Crippen molar-refractivity contribution in [3.63, 3.8) is 0 Å². The first-order valence-electron chi connectivity index (χ1n) is 11.1. The Morgan fingerprint density at radius 1 is 0.871 bits per heavy atom. The Kier molecular flexibility index (Phi) is 6.80. The van der Waals surface area contributed by atoms with Crippen molar-refractivity contribution in [3.05, 3.63) is 108 Å². The van der Waals surface area contributed by atoms with Gasteiger partial charge in [0.1, 0.15) is 0 Å². The molecule has 1 aliphatic rings. The van der Waals surface area contributed by atoms with Crippen LogP contribution in [-0.4, -0.2) is 35.5 Å². The monoisotopic (exact) mass is 414 g/mol. The maximum Gasteiger partial charge on any atom is 0.251 e. The summed E-state index contributed by atoms with van der Waals surface area (Å²) in [5, 5.41) is 14.3. The van der Waals surface area contributed by atoms with Crippen LogP contribution in [0.1, 0.15) is 46.8 Å². The van der Waals surface area contributed by atoms with Gasteiger partial charge in [-0.3, -0.25) is 4.79 Å². The van der Waals surface area contributed by atoms with Crippen molar-refractivity contribution in [2.24, 2.45) is 0 Å². The fourth-order valence-electron chi connectivity index (χ4n) is 4.33. The van der Waals surface area contributed by atoms with Crippen molar-refractivity contribution in [1.29, 1.82) is 0 Å². The van der Waals surface area contributed by atoms with Crippen LogP contribution in [0.2, 0.25) is 0 Å². The van der Waals surface area contributed by atoms with Gasteiger partial charge < -0.3 is 15.3 Å². The summed E-state index contributed by atoms with van der Waals surface area (Å²) >= 11 is 0. The lowest BCUT2D eigenvalue weighted by Crippen LogP contribution is -2.43. The van der Waals surface area contributed by atoms with Gasteiger partial charge in [0.25, 0.3) is 5.91 Å². The van der Waals surface area contributed by atoms with E-state index in [1.165, 1.54) is 0 Å². The van der Waals surface area contributed by atoms with Gasteiger partial charge in [-0.25, -0.2) is 0 Å². The van der Waals surface area contributed by atoms with Crippen LogP contribution in [0.15, 0.2) is 91.0 Å². The molecule has 4 rings (SSSR count). The number of benzene rings is 3. The van der Waals surface area contributed by atoms with E-state index in [0.29, 0.717) is 5.56 Å². The number of piperidine rings is 1. The number of rotatable bonds is 7. The number of hydrogen-bond donors (Lipinski definition) is 2. The highest BCUT2D eigenvalue weighted by Gasteiger charge is 2.33. The van der Waals surface area contributed by atoms with Crippen LogP contribution in [-0.2, 0) is 5.60 Å². The average Bonchev–Trinajstić information content (AvgIpc) is 2.84. The van der Waals surface area contributed by atoms with E-state index in [-0.39, 0.29) is 11.9 Å². The zero-order valence-corrected chi connectivity index (χ0v) is 17.8. The number of aliphatic hydroxyl groups is 1. The summed E-state index contributed by atoms with van der Waals surface area (Å²) in [4.78, 5) is 15.2. The van der Waals surface area contributed by atoms with Gasteiger partial charge in [0.15, 0.2) is 0 Å². The number of amides is 1. The second kappa shape index (κ2) is 9.90. The summed E-state index contributed by atoms with van der Waals surface area (Å²) in [6.45, 7) is 2.57. The third-order valence-corrected chi connectivity index (χ3v) is 6.27. The van der Waals surface area contributed by atoms with Gasteiger partial charge in [0.05, 0.1) is 11.6 Å². The lowest BCUT2D eigenvalue weighted by atomic mass is 9.84. The lowest BCUT2D eigenvalue weighted by molar-refractivity contribution is -0.0264. The topological polar surface area (TPSA) is 52.6 Å². The summed E-state index contributed by atoms with van der Waals surface area (Å²) in [6.07, 6.45) is 2.28. The second-order valence-electron chi connectivity index (χ2n) is 8.33. The predicted molar refractivity (Wildman–Crippen MR) is 124 cm³/mol. The summed E-state index contributed by atoms with van der Waals surface area (Å²) in [7, 11) is 0.